The third kappa shape index (κ3) is 4.08. The SMILES string of the molecule is O=C(COC(=O)c1cccc(F)c1)Nc1ccc(F)c(F)c1. The fraction of sp³-hybridized carbons (Fsp3) is 0.0667. The van der Waals surface area contributed by atoms with Crippen molar-refractivity contribution >= 4 is 17.6 Å². The maximum Gasteiger partial charge on any atom is 0.338 e. The fourth-order valence-corrected chi connectivity index (χ4v) is 1.60. The van der Waals surface area contributed by atoms with Gasteiger partial charge in [0.1, 0.15) is 5.82 Å². The summed E-state index contributed by atoms with van der Waals surface area (Å²) in [4.78, 5) is 23.1. The average molecular weight is 309 g/mol. The molecule has 2 rings (SSSR count). The molecule has 0 saturated heterocycles. The van der Waals surface area contributed by atoms with Gasteiger partial charge in [-0.1, -0.05) is 6.07 Å². The van der Waals surface area contributed by atoms with Crippen LogP contribution in [0.3, 0.4) is 0 Å². The van der Waals surface area contributed by atoms with E-state index in [4.69, 9.17) is 0 Å². The van der Waals surface area contributed by atoms with Crippen LogP contribution in [0.5, 0.6) is 0 Å². The Morgan fingerprint density at radius 3 is 2.45 bits per heavy atom. The molecule has 0 aliphatic carbocycles. The molecule has 114 valence electrons. The molecule has 0 fully saturated rings. The summed E-state index contributed by atoms with van der Waals surface area (Å²) in [6.45, 7) is -0.645. The molecule has 0 radical (unpaired) electrons. The molecule has 0 aliphatic rings. The Labute approximate surface area is 123 Å². The number of nitrogens with one attached hydrogen (secondary N) is 1. The van der Waals surface area contributed by atoms with Crippen molar-refractivity contribution in [1.29, 1.82) is 0 Å². The lowest BCUT2D eigenvalue weighted by Gasteiger charge is -2.07. The van der Waals surface area contributed by atoms with E-state index in [0.717, 1.165) is 30.3 Å². The first-order valence-electron chi connectivity index (χ1n) is 6.13. The second-order valence-electron chi connectivity index (χ2n) is 4.26. The lowest BCUT2D eigenvalue weighted by molar-refractivity contribution is -0.119. The van der Waals surface area contributed by atoms with E-state index >= 15 is 0 Å². The fourth-order valence-electron chi connectivity index (χ4n) is 1.60. The number of benzene rings is 2. The first-order chi connectivity index (χ1) is 10.5. The Morgan fingerprint density at radius 1 is 1.00 bits per heavy atom. The highest BCUT2D eigenvalue weighted by atomic mass is 19.2. The molecule has 0 aliphatic heterocycles. The van der Waals surface area contributed by atoms with Crippen molar-refractivity contribution in [3.63, 3.8) is 0 Å². The molecule has 0 spiro atoms. The van der Waals surface area contributed by atoms with Gasteiger partial charge in [0.15, 0.2) is 18.2 Å². The number of hydrogen-bond acceptors (Lipinski definition) is 3. The van der Waals surface area contributed by atoms with E-state index in [9.17, 15) is 22.8 Å². The highest BCUT2D eigenvalue weighted by molar-refractivity contribution is 5.95. The molecule has 0 aromatic heterocycles. The molecule has 2 aromatic carbocycles. The highest BCUT2D eigenvalue weighted by Gasteiger charge is 2.11. The molecule has 0 heterocycles. The topological polar surface area (TPSA) is 55.4 Å². The monoisotopic (exact) mass is 309 g/mol. The zero-order chi connectivity index (χ0) is 16.1. The van der Waals surface area contributed by atoms with Gasteiger partial charge < -0.3 is 10.1 Å². The summed E-state index contributed by atoms with van der Waals surface area (Å²) in [5.74, 6) is -4.39. The summed E-state index contributed by atoms with van der Waals surface area (Å²) in [6, 6.07) is 7.59. The van der Waals surface area contributed by atoms with Crippen molar-refractivity contribution in [2.45, 2.75) is 0 Å². The quantitative estimate of drug-likeness (QED) is 0.884. The Balaban J connectivity index is 1.90. The number of carbonyl (C=O) groups excluding carboxylic acids is 2. The third-order valence-corrected chi connectivity index (χ3v) is 2.60. The summed E-state index contributed by atoms with van der Waals surface area (Å²) < 4.78 is 43.3. The Bertz CT molecular complexity index is 719. The van der Waals surface area contributed by atoms with Crippen molar-refractivity contribution < 1.29 is 27.5 Å². The van der Waals surface area contributed by atoms with Crippen LogP contribution in [0.25, 0.3) is 0 Å². The summed E-state index contributed by atoms with van der Waals surface area (Å²) in [5, 5.41) is 2.23. The first-order valence-corrected chi connectivity index (χ1v) is 6.13. The van der Waals surface area contributed by atoms with Crippen LogP contribution in [0.2, 0.25) is 0 Å². The van der Waals surface area contributed by atoms with Crippen LogP contribution in [0.4, 0.5) is 18.9 Å². The average Bonchev–Trinajstić information content (AvgIpc) is 2.48. The first kappa shape index (κ1) is 15.6. The van der Waals surface area contributed by atoms with Crippen LogP contribution >= 0.6 is 0 Å². The standard InChI is InChI=1S/C15H10F3NO3/c16-10-3-1-2-9(6-10)15(21)22-8-14(20)19-11-4-5-12(17)13(18)7-11/h1-7H,8H2,(H,19,20). The van der Waals surface area contributed by atoms with Crippen LogP contribution in [0.15, 0.2) is 42.5 Å². The van der Waals surface area contributed by atoms with Gasteiger partial charge >= 0.3 is 5.97 Å². The van der Waals surface area contributed by atoms with Crippen LogP contribution < -0.4 is 5.32 Å². The van der Waals surface area contributed by atoms with E-state index in [1.54, 1.807) is 0 Å². The van der Waals surface area contributed by atoms with Crippen LogP contribution in [-0.2, 0) is 9.53 Å². The van der Waals surface area contributed by atoms with Crippen molar-refractivity contribution in [3.8, 4) is 0 Å². The van der Waals surface area contributed by atoms with Gasteiger partial charge in [0.25, 0.3) is 5.91 Å². The van der Waals surface area contributed by atoms with E-state index in [2.05, 4.69) is 10.1 Å². The zero-order valence-corrected chi connectivity index (χ0v) is 11.1. The molecular formula is C15H10F3NO3. The van der Waals surface area contributed by atoms with Gasteiger partial charge in [-0.3, -0.25) is 4.79 Å². The molecular weight excluding hydrogens is 299 g/mol. The van der Waals surface area contributed by atoms with Crippen molar-refractivity contribution in [2.75, 3.05) is 11.9 Å². The molecule has 22 heavy (non-hydrogen) atoms. The van der Waals surface area contributed by atoms with E-state index in [1.165, 1.54) is 12.1 Å². The molecule has 0 saturated carbocycles. The van der Waals surface area contributed by atoms with E-state index in [0.29, 0.717) is 0 Å². The number of esters is 1. The Hall–Kier alpha value is -2.83. The second kappa shape index (κ2) is 6.75. The minimum Gasteiger partial charge on any atom is -0.452 e. The zero-order valence-electron chi connectivity index (χ0n) is 11.1. The van der Waals surface area contributed by atoms with Gasteiger partial charge in [-0.2, -0.15) is 0 Å². The van der Waals surface area contributed by atoms with Gasteiger partial charge in [-0.05, 0) is 30.3 Å². The van der Waals surface area contributed by atoms with Crippen molar-refractivity contribution in [2.24, 2.45) is 0 Å². The second-order valence-corrected chi connectivity index (χ2v) is 4.26. The Morgan fingerprint density at radius 2 is 1.77 bits per heavy atom. The summed E-state index contributed by atoms with van der Waals surface area (Å²) in [6.07, 6.45) is 0. The van der Waals surface area contributed by atoms with Gasteiger partial charge in [-0.15, -0.1) is 0 Å². The number of rotatable bonds is 4. The van der Waals surface area contributed by atoms with Gasteiger partial charge in [-0.25, -0.2) is 18.0 Å². The largest absolute Gasteiger partial charge is 0.452 e. The lowest BCUT2D eigenvalue weighted by atomic mass is 10.2. The highest BCUT2D eigenvalue weighted by Crippen LogP contribution is 2.13. The smallest absolute Gasteiger partial charge is 0.338 e. The predicted molar refractivity (Wildman–Crippen MR) is 71.7 cm³/mol. The molecule has 0 bridgehead atoms. The number of halogens is 3. The third-order valence-electron chi connectivity index (χ3n) is 2.60. The minimum atomic E-state index is -1.12. The lowest BCUT2D eigenvalue weighted by Crippen LogP contribution is -2.21. The van der Waals surface area contributed by atoms with Gasteiger partial charge in [0.2, 0.25) is 0 Å². The molecule has 1 N–H and O–H groups in total. The van der Waals surface area contributed by atoms with Crippen molar-refractivity contribution in [1.82, 2.24) is 0 Å². The molecule has 2 aromatic rings. The normalized spacial score (nSPS) is 10.1. The Kier molecular flexibility index (Phi) is 4.77. The van der Waals surface area contributed by atoms with Crippen LogP contribution in [0.1, 0.15) is 10.4 Å². The molecule has 7 heteroatoms. The van der Waals surface area contributed by atoms with E-state index < -0.39 is 35.9 Å². The van der Waals surface area contributed by atoms with Crippen molar-refractivity contribution in [3.05, 3.63) is 65.5 Å². The number of ether oxygens (including phenoxy) is 1. The molecule has 0 unspecified atom stereocenters. The van der Waals surface area contributed by atoms with Gasteiger partial charge in [0.05, 0.1) is 5.56 Å². The van der Waals surface area contributed by atoms with Crippen LogP contribution in [0, 0.1) is 17.5 Å². The van der Waals surface area contributed by atoms with E-state index in [-0.39, 0.29) is 11.3 Å². The summed E-state index contributed by atoms with van der Waals surface area (Å²) >= 11 is 0. The summed E-state index contributed by atoms with van der Waals surface area (Å²) in [5.41, 5.74) is -0.0219. The number of anilines is 1. The molecule has 4 nitrogen and oxygen atoms in total. The molecule has 1 amide bonds. The maximum absolute atomic E-state index is 13.0. The van der Waals surface area contributed by atoms with Crippen LogP contribution in [-0.4, -0.2) is 18.5 Å². The number of carbonyl (C=O) groups is 2. The van der Waals surface area contributed by atoms with E-state index in [1.807, 2.05) is 0 Å². The summed E-state index contributed by atoms with van der Waals surface area (Å²) in [7, 11) is 0. The predicted octanol–water partition coefficient (Wildman–Crippen LogP) is 2.90. The van der Waals surface area contributed by atoms with Gasteiger partial charge in [0, 0.05) is 11.8 Å². The molecule has 0 atom stereocenters. The number of amides is 1. The number of hydrogen-bond donors (Lipinski definition) is 1. The minimum absolute atomic E-state index is 0.0192. The maximum atomic E-state index is 13.0.